The van der Waals surface area contributed by atoms with Gasteiger partial charge in [-0.05, 0) is 53.9 Å². The molecule has 200 valence electrons. The Labute approximate surface area is 235 Å². The van der Waals surface area contributed by atoms with Crippen LogP contribution in [-0.4, -0.2) is 28.3 Å². The van der Waals surface area contributed by atoms with Crippen LogP contribution in [0, 0.1) is 0 Å². The molecule has 1 aromatic heterocycles. The number of nitrogen functional groups attached to an aromatic ring is 1. The van der Waals surface area contributed by atoms with E-state index < -0.39 is 5.56 Å². The Morgan fingerprint density at radius 2 is 1.79 bits per heavy atom. The highest BCUT2D eigenvalue weighted by atomic mass is 35.5. The number of halogens is 2. The van der Waals surface area contributed by atoms with Crippen LogP contribution in [0.15, 0.2) is 82.6 Å². The van der Waals surface area contributed by atoms with Crippen LogP contribution in [0.25, 0.3) is 11.3 Å². The molecule has 4 rings (SSSR count). The number of amides is 1. The van der Waals surface area contributed by atoms with E-state index in [0.29, 0.717) is 40.6 Å². The number of nitrogens with zero attached hydrogens (tertiary/aromatic N) is 3. The van der Waals surface area contributed by atoms with E-state index in [1.165, 1.54) is 10.9 Å². The Bertz CT molecular complexity index is 1550. The molecule has 9 nitrogen and oxygen atoms in total. The highest BCUT2D eigenvalue weighted by molar-refractivity contribution is 6.32. The van der Waals surface area contributed by atoms with E-state index in [0.717, 1.165) is 11.1 Å². The summed E-state index contributed by atoms with van der Waals surface area (Å²) in [6.07, 6.45) is 1.82. The number of anilines is 2. The standard InChI is InChI=1S/C28H27Cl2N7O2/c29-21-5-1-3-18(13-21)11-12-33-27-28(39)37(25(26(30)36-27)20-4-2-6-22(32)14-20)16-24(38)34-15-19-7-9-23(10-8-19)35-17-31/h1-10,13-14,17H,11-12,15-16,32H2,(H2,31,35)(H,33,36)(H,34,38). The minimum atomic E-state index is -0.484. The SMILES string of the molecule is NC=Nc1ccc(CNC(=O)Cn2c(-c3cccc(N)c3)c(Cl)nc(NCCc3cccc(Cl)c3)c2=O)cc1. The highest BCUT2D eigenvalue weighted by Gasteiger charge is 2.19. The summed E-state index contributed by atoms with van der Waals surface area (Å²) in [6.45, 7) is 0.397. The highest BCUT2D eigenvalue weighted by Crippen LogP contribution is 2.27. The maximum atomic E-state index is 13.5. The van der Waals surface area contributed by atoms with Gasteiger partial charge in [0.25, 0.3) is 5.56 Å². The second-order valence-electron chi connectivity index (χ2n) is 8.64. The van der Waals surface area contributed by atoms with E-state index in [1.54, 1.807) is 42.5 Å². The molecule has 0 saturated heterocycles. The minimum Gasteiger partial charge on any atom is -0.399 e. The zero-order valence-corrected chi connectivity index (χ0v) is 22.4. The van der Waals surface area contributed by atoms with Crippen LogP contribution in [0.2, 0.25) is 10.2 Å². The predicted molar refractivity (Wildman–Crippen MR) is 158 cm³/mol. The first-order valence-corrected chi connectivity index (χ1v) is 12.8. The van der Waals surface area contributed by atoms with Crippen LogP contribution in [-0.2, 0) is 24.3 Å². The summed E-state index contributed by atoms with van der Waals surface area (Å²) in [5, 5.41) is 6.59. The Morgan fingerprint density at radius 1 is 1.03 bits per heavy atom. The lowest BCUT2D eigenvalue weighted by Gasteiger charge is -2.17. The van der Waals surface area contributed by atoms with Gasteiger partial charge in [0.1, 0.15) is 6.54 Å². The third-order valence-electron chi connectivity index (χ3n) is 5.83. The van der Waals surface area contributed by atoms with Gasteiger partial charge in [-0.3, -0.25) is 14.2 Å². The number of carbonyl (C=O) groups is 1. The molecule has 0 spiro atoms. The van der Waals surface area contributed by atoms with Gasteiger partial charge < -0.3 is 22.1 Å². The number of rotatable bonds is 10. The molecule has 11 heteroatoms. The maximum Gasteiger partial charge on any atom is 0.294 e. The lowest BCUT2D eigenvalue weighted by atomic mass is 10.1. The molecule has 6 N–H and O–H groups in total. The summed E-state index contributed by atoms with van der Waals surface area (Å²) < 4.78 is 1.31. The van der Waals surface area contributed by atoms with E-state index in [9.17, 15) is 9.59 Å². The quantitative estimate of drug-likeness (QED) is 0.128. The Balaban J connectivity index is 1.57. The van der Waals surface area contributed by atoms with Crippen molar-refractivity contribution in [1.29, 1.82) is 0 Å². The summed E-state index contributed by atoms with van der Waals surface area (Å²) in [7, 11) is 0. The monoisotopic (exact) mass is 563 g/mol. The van der Waals surface area contributed by atoms with Crippen molar-refractivity contribution in [1.82, 2.24) is 14.9 Å². The van der Waals surface area contributed by atoms with Crippen molar-refractivity contribution >= 4 is 52.6 Å². The van der Waals surface area contributed by atoms with Gasteiger partial charge in [0.2, 0.25) is 5.91 Å². The number of hydrogen-bond donors (Lipinski definition) is 4. The summed E-state index contributed by atoms with van der Waals surface area (Å²) in [5.74, 6) is -0.336. The van der Waals surface area contributed by atoms with Gasteiger partial charge in [0.15, 0.2) is 11.0 Å². The molecule has 0 unspecified atom stereocenters. The van der Waals surface area contributed by atoms with Crippen molar-refractivity contribution in [2.45, 2.75) is 19.5 Å². The molecular formula is C28H27Cl2N7O2. The summed E-state index contributed by atoms with van der Waals surface area (Å²) >= 11 is 12.7. The van der Waals surface area contributed by atoms with E-state index in [1.807, 2.05) is 30.3 Å². The summed E-state index contributed by atoms with van der Waals surface area (Å²) in [4.78, 5) is 34.8. The topological polar surface area (TPSA) is 140 Å². The average Bonchev–Trinajstić information content (AvgIpc) is 2.91. The van der Waals surface area contributed by atoms with Crippen LogP contribution < -0.4 is 27.7 Å². The minimum absolute atomic E-state index is 0.0403. The molecule has 3 aromatic carbocycles. The lowest BCUT2D eigenvalue weighted by molar-refractivity contribution is -0.121. The van der Waals surface area contributed by atoms with Gasteiger partial charge in [-0.25, -0.2) is 9.98 Å². The molecule has 39 heavy (non-hydrogen) atoms. The fraction of sp³-hybridized carbons (Fsp3) is 0.143. The van der Waals surface area contributed by atoms with Gasteiger partial charge in [0.05, 0.1) is 17.7 Å². The van der Waals surface area contributed by atoms with Crippen LogP contribution in [0.3, 0.4) is 0 Å². The van der Waals surface area contributed by atoms with Gasteiger partial charge in [-0.15, -0.1) is 0 Å². The van der Waals surface area contributed by atoms with Gasteiger partial charge in [-0.2, -0.15) is 0 Å². The van der Waals surface area contributed by atoms with E-state index in [-0.39, 0.29) is 30.0 Å². The second-order valence-corrected chi connectivity index (χ2v) is 9.44. The predicted octanol–water partition coefficient (Wildman–Crippen LogP) is 4.39. The molecular weight excluding hydrogens is 537 g/mol. The van der Waals surface area contributed by atoms with Gasteiger partial charge in [0, 0.05) is 29.4 Å². The van der Waals surface area contributed by atoms with Crippen molar-refractivity contribution < 1.29 is 4.79 Å². The summed E-state index contributed by atoms with van der Waals surface area (Å²) in [6, 6.07) is 21.6. The zero-order valence-electron chi connectivity index (χ0n) is 20.9. The van der Waals surface area contributed by atoms with Crippen LogP contribution in [0.1, 0.15) is 11.1 Å². The average molecular weight is 564 g/mol. The molecule has 0 saturated carbocycles. The first-order valence-electron chi connectivity index (χ1n) is 12.1. The number of nitrogens with one attached hydrogen (secondary N) is 2. The lowest BCUT2D eigenvalue weighted by Crippen LogP contribution is -2.34. The normalized spacial score (nSPS) is 11.0. The van der Waals surface area contributed by atoms with Crippen molar-refractivity contribution in [3.8, 4) is 11.3 Å². The molecule has 0 bridgehead atoms. The molecule has 0 aliphatic carbocycles. The number of hydrogen-bond acceptors (Lipinski definition) is 6. The maximum absolute atomic E-state index is 13.5. The van der Waals surface area contributed by atoms with Crippen molar-refractivity contribution in [3.05, 3.63) is 104 Å². The molecule has 4 aromatic rings. The third-order valence-corrected chi connectivity index (χ3v) is 6.33. The first-order chi connectivity index (χ1) is 18.8. The van der Waals surface area contributed by atoms with Crippen LogP contribution in [0.4, 0.5) is 17.2 Å². The summed E-state index contributed by atoms with van der Waals surface area (Å²) in [5.41, 5.74) is 14.7. The number of aromatic nitrogens is 2. The Kier molecular flexibility index (Phi) is 9.19. The third kappa shape index (κ3) is 7.37. The molecule has 0 fully saturated rings. The Morgan fingerprint density at radius 3 is 2.51 bits per heavy atom. The van der Waals surface area contributed by atoms with Gasteiger partial charge >= 0.3 is 0 Å². The number of nitrogens with two attached hydrogens (primary N) is 2. The van der Waals surface area contributed by atoms with Crippen molar-refractivity contribution in [2.24, 2.45) is 10.7 Å². The smallest absolute Gasteiger partial charge is 0.294 e. The fourth-order valence-corrected chi connectivity index (χ4v) is 4.48. The number of benzene rings is 3. The van der Waals surface area contributed by atoms with Crippen LogP contribution >= 0.6 is 23.2 Å². The van der Waals surface area contributed by atoms with E-state index >= 15 is 0 Å². The van der Waals surface area contributed by atoms with Gasteiger partial charge in [-0.1, -0.05) is 59.6 Å². The molecule has 0 aliphatic rings. The molecule has 0 atom stereocenters. The second kappa shape index (κ2) is 12.9. The molecule has 0 radical (unpaired) electrons. The number of aliphatic imine (C=N–C) groups is 1. The molecule has 1 amide bonds. The first kappa shape index (κ1) is 27.7. The molecule has 0 aliphatic heterocycles. The Hall–Kier alpha value is -4.34. The van der Waals surface area contributed by atoms with E-state index in [2.05, 4.69) is 20.6 Å². The fourth-order valence-electron chi connectivity index (χ4n) is 3.97. The van der Waals surface area contributed by atoms with Crippen LogP contribution in [0.5, 0.6) is 0 Å². The zero-order chi connectivity index (χ0) is 27.8. The van der Waals surface area contributed by atoms with Crippen molar-refractivity contribution in [3.63, 3.8) is 0 Å². The molecule has 1 heterocycles. The largest absolute Gasteiger partial charge is 0.399 e. The van der Waals surface area contributed by atoms with Crippen molar-refractivity contribution in [2.75, 3.05) is 17.6 Å². The van der Waals surface area contributed by atoms with E-state index in [4.69, 9.17) is 34.7 Å². The number of carbonyl (C=O) groups excluding carboxylic acids is 1.